The van der Waals surface area contributed by atoms with Crippen molar-refractivity contribution in [1.82, 2.24) is 24.2 Å². The lowest BCUT2D eigenvalue weighted by molar-refractivity contribution is -0.146. The Morgan fingerprint density at radius 2 is 2.10 bits per heavy atom. The first-order valence-corrected chi connectivity index (χ1v) is 10.5. The van der Waals surface area contributed by atoms with Crippen LogP contribution < -0.4 is 0 Å². The van der Waals surface area contributed by atoms with Crippen LogP contribution in [0.4, 0.5) is 0 Å². The van der Waals surface area contributed by atoms with Crippen molar-refractivity contribution in [2.24, 2.45) is 5.41 Å². The number of benzene rings is 1. The van der Waals surface area contributed by atoms with E-state index in [1.165, 1.54) is 5.56 Å². The van der Waals surface area contributed by atoms with Crippen molar-refractivity contribution in [3.8, 4) is 0 Å². The van der Waals surface area contributed by atoms with Crippen molar-refractivity contribution in [2.75, 3.05) is 19.6 Å². The highest BCUT2D eigenvalue weighted by Gasteiger charge is 2.49. The second kappa shape index (κ2) is 7.23. The largest absolute Gasteiger partial charge is 0.338 e. The molecule has 1 atom stereocenters. The molecular formula is C23H25N5O2. The number of piperidine rings is 1. The predicted octanol–water partition coefficient (Wildman–Crippen LogP) is 2.69. The molecule has 0 bridgehead atoms. The summed E-state index contributed by atoms with van der Waals surface area (Å²) in [7, 11) is 0. The number of carbonyl (C=O) groups excluding carboxylic acids is 2. The van der Waals surface area contributed by atoms with Gasteiger partial charge in [0.2, 0.25) is 11.7 Å². The summed E-state index contributed by atoms with van der Waals surface area (Å²) in [5.74, 6) is 0.566. The molecule has 0 unspecified atom stereocenters. The van der Waals surface area contributed by atoms with E-state index in [0.717, 1.165) is 24.9 Å². The lowest BCUT2D eigenvalue weighted by Gasteiger charge is -2.39. The fourth-order valence-corrected chi connectivity index (χ4v) is 4.85. The molecular weight excluding hydrogens is 378 g/mol. The maximum Gasteiger partial charge on any atom is 0.274 e. The average molecular weight is 403 g/mol. The topological polar surface area (TPSA) is 70.8 Å². The van der Waals surface area contributed by atoms with Gasteiger partial charge in [0.1, 0.15) is 5.69 Å². The SMILES string of the molecule is Cc1cccc(CN2CCC[C@]3(CCN(C(=O)c4cn5cccnc5n4)C3)C2=O)c1. The van der Waals surface area contributed by atoms with Crippen molar-refractivity contribution < 1.29 is 9.59 Å². The standard InChI is InChI=1S/C23H25N5O2/c1-17-5-2-6-18(13-17)14-26-10-3-7-23(21(26)30)8-12-28(16-23)20(29)19-15-27-11-4-9-24-22(27)25-19/h2,4-6,9,11,13,15H,3,7-8,10,12,14,16H2,1H3/t23-/m1/s1. The zero-order valence-corrected chi connectivity index (χ0v) is 17.1. The lowest BCUT2D eigenvalue weighted by atomic mass is 9.78. The first kappa shape index (κ1) is 18.8. The molecule has 2 amide bonds. The first-order chi connectivity index (χ1) is 14.5. The number of fused-ring (bicyclic) bond motifs is 1. The van der Waals surface area contributed by atoms with Gasteiger partial charge in [0.25, 0.3) is 5.91 Å². The van der Waals surface area contributed by atoms with Gasteiger partial charge in [-0.25, -0.2) is 9.97 Å². The Balaban J connectivity index is 1.32. The molecule has 0 radical (unpaired) electrons. The fraction of sp³-hybridized carbons (Fsp3) is 0.391. The summed E-state index contributed by atoms with van der Waals surface area (Å²) in [5.41, 5.74) is 2.27. The Bertz CT molecular complexity index is 1090. The average Bonchev–Trinajstić information content (AvgIpc) is 3.36. The number of imidazole rings is 1. The second-order valence-corrected chi connectivity index (χ2v) is 8.53. The molecule has 1 aromatic carbocycles. The summed E-state index contributed by atoms with van der Waals surface area (Å²) < 4.78 is 1.74. The normalized spacial score (nSPS) is 21.7. The summed E-state index contributed by atoms with van der Waals surface area (Å²) in [6, 6.07) is 10.1. The summed E-state index contributed by atoms with van der Waals surface area (Å²) in [6.07, 6.45) is 7.72. The van der Waals surface area contributed by atoms with E-state index >= 15 is 0 Å². The predicted molar refractivity (Wildman–Crippen MR) is 112 cm³/mol. The van der Waals surface area contributed by atoms with E-state index in [9.17, 15) is 9.59 Å². The summed E-state index contributed by atoms with van der Waals surface area (Å²) >= 11 is 0. The molecule has 30 heavy (non-hydrogen) atoms. The molecule has 2 aliphatic heterocycles. The molecule has 0 aliphatic carbocycles. The van der Waals surface area contributed by atoms with Crippen LogP contribution >= 0.6 is 0 Å². The highest BCUT2D eigenvalue weighted by molar-refractivity contribution is 5.94. The molecule has 4 heterocycles. The number of nitrogens with zero attached hydrogens (tertiary/aromatic N) is 5. The number of hydrogen-bond acceptors (Lipinski definition) is 4. The molecule has 1 spiro atoms. The third-order valence-electron chi connectivity index (χ3n) is 6.38. The second-order valence-electron chi connectivity index (χ2n) is 8.53. The van der Waals surface area contributed by atoms with Crippen LogP contribution in [0.3, 0.4) is 0 Å². The number of aryl methyl sites for hydroxylation is 1. The number of rotatable bonds is 3. The lowest BCUT2D eigenvalue weighted by Crippen LogP contribution is -2.50. The van der Waals surface area contributed by atoms with Crippen LogP contribution in [-0.4, -0.2) is 55.6 Å². The van der Waals surface area contributed by atoms with E-state index in [2.05, 4.69) is 35.1 Å². The molecule has 0 N–H and O–H groups in total. The molecule has 5 rings (SSSR count). The van der Waals surface area contributed by atoms with Crippen molar-refractivity contribution in [2.45, 2.75) is 32.7 Å². The van der Waals surface area contributed by atoms with Crippen LogP contribution in [0.2, 0.25) is 0 Å². The van der Waals surface area contributed by atoms with Gasteiger partial charge in [-0.1, -0.05) is 29.8 Å². The summed E-state index contributed by atoms with van der Waals surface area (Å²) in [5, 5.41) is 0. The van der Waals surface area contributed by atoms with Gasteiger partial charge in [0.05, 0.1) is 5.41 Å². The first-order valence-electron chi connectivity index (χ1n) is 10.5. The van der Waals surface area contributed by atoms with E-state index < -0.39 is 5.41 Å². The van der Waals surface area contributed by atoms with Gasteiger partial charge in [0.15, 0.2) is 0 Å². The fourth-order valence-electron chi connectivity index (χ4n) is 4.85. The van der Waals surface area contributed by atoms with Crippen molar-refractivity contribution in [3.63, 3.8) is 0 Å². The monoisotopic (exact) mass is 403 g/mol. The number of carbonyl (C=O) groups is 2. The zero-order chi connectivity index (χ0) is 20.7. The summed E-state index contributed by atoms with van der Waals surface area (Å²) in [4.78, 5) is 38.8. The third kappa shape index (κ3) is 3.24. The molecule has 7 nitrogen and oxygen atoms in total. The number of likely N-dealkylation sites (tertiary alicyclic amines) is 2. The van der Waals surface area contributed by atoms with Crippen LogP contribution in [-0.2, 0) is 11.3 Å². The van der Waals surface area contributed by atoms with Gasteiger partial charge in [-0.2, -0.15) is 0 Å². The Morgan fingerprint density at radius 3 is 2.93 bits per heavy atom. The molecule has 2 aromatic heterocycles. The third-order valence-corrected chi connectivity index (χ3v) is 6.38. The Labute approximate surface area is 175 Å². The smallest absolute Gasteiger partial charge is 0.274 e. The van der Waals surface area contributed by atoms with Gasteiger partial charge in [0, 0.05) is 44.8 Å². The van der Waals surface area contributed by atoms with E-state index in [0.29, 0.717) is 37.5 Å². The highest BCUT2D eigenvalue weighted by Crippen LogP contribution is 2.41. The van der Waals surface area contributed by atoms with Crippen LogP contribution in [0.1, 0.15) is 40.9 Å². The highest BCUT2D eigenvalue weighted by atomic mass is 16.2. The van der Waals surface area contributed by atoms with Crippen molar-refractivity contribution in [1.29, 1.82) is 0 Å². The molecule has 2 fully saturated rings. The van der Waals surface area contributed by atoms with Gasteiger partial charge >= 0.3 is 0 Å². The van der Waals surface area contributed by atoms with E-state index in [1.807, 2.05) is 17.2 Å². The van der Waals surface area contributed by atoms with Crippen LogP contribution in [0, 0.1) is 12.3 Å². The van der Waals surface area contributed by atoms with Gasteiger partial charge in [-0.05, 0) is 37.8 Å². The van der Waals surface area contributed by atoms with Crippen molar-refractivity contribution in [3.05, 3.63) is 65.7 Å². The minimum atomic E-state index is -0.463. The molecule has 154 valence electrons. The van der Waals surface area contributed by atoms with E-state index in [1.54, 1.807) is 27.8 Å². The van der Waals surface area contributed by atoms with E-state index in [-0.39, 0.29) is 11.8 Å². The van der Waals surface area contributed by atoms with Crippen LogP contribution in [0.15, 0.2) is 48.9 Å². The Hall–Kier alpha value is -3.22. The molecule has 2 saturated heterocycles. The number of aromatic nitrogens is 3. The minimum Gasteiger partial charge on any atom is -0.338 e. The summed E-state index contributed by atoms with van der Waals surface area (Å²) in [6.45, 7) is 4.54. The maximum absolute atomic E-state index is 13.4. The quantitative estimate of drug-likeness (QED) is 0.674. The Morgan fingerprint density at radius 1 is 1.20 bits per heavy atom. The van der Waals surface area contributed by atoms with Gasteiger partial charge < -0.3 is 9.80 Å². The minimum absolute atomic E-state index is 0.124. The maximum atomic E-state index is 13.4. The molecule has 2 aliphatic rings. The zero-order valence-electron chi connectivity index (χ0n) is 17.1. The molecule has 0 saturated carbocycles. The number of amides is 2. The molecule has 7 heteroatoms. The van der Waals surface area contributed by atoms with E-state index in [4.69, 9.17) is 0 Å². The van der Waals surface area contributed by atoms with Gasteiger partial charge in [-0.3, -0.25) is 14.0 Å². The van der Waals surface area contributed by atoms with Gasteiger partial charge in [-0.15, -0.1) is 0 Å². The van der Waals surface area contributed by atoms with Crippen molar-refractivity contribution >= 4 is 17.6 Å². The molecule has 3 aromatic rings. The Kier molecular flexibility index (Phi) is 4.53. The number of hydrogen-bond donors (Lipinski definition) is 0. The van der Waals surface area contributed by atoms with Crippen LogP contribution in [0.25, 0.3) is 5.78 Å². The van der Waals surface area contributed by atoms with Crippen LogP contribution in [0.5, 0.6) is 0 Å².